The van der Waals surface area contributed by atoms with Gasteiger partial charge in [0.1, 0.15) is 11.3 Å². The number of alkyl halides is 3. The van der Waals surface area contributed by atoms with Gasteiger partial charge in [-0.3, -0.25) is 9.36 Å². The minimum atomic E-state index is -4.92. The molecule has 0 fully saturated rings. The number of amides is 1. The normalized spacial score (nSPS) is 11.3. The number of benzene rings is 3. The Morgan fingerprint density at radius 2 is 1.50 bits per heavy atom. The lowest BCUT2D eigenvalue weighted by molar-refractivity contribution is -0.274. The number of nitrogens with zero attached hydrogens (tertiary/aromatic N) is 1. The molecular formula is C24H15F3N2O5. The molecule has 34 heavy (non-hydrogen) atoms. The van der Waals surface area contributed by atoms with Crippen LogP contribution in [0.3, 0.4) is 0 Å². The van der Waals surface area contributed by atoms with Gasteiger partial charge in [0.15, 0.2) is 0 Å². The highest BCUT2D eigenvalue weighted by Gasteiger charge is 2.32. The molecular weight excluding hydrogens is 453 g/mol. The highest BCUT2D eigenvalue weighted by molar-refractivity contribution is 6.02. The molecule has 0 saturated heterocycles. The molecule has 0 aliphatic carbocycles. The van der Waals surface area contributed by atoms with Crippen molar-refractivity contribution in [2.24, 2.45) is 0 Å². The molecule has 10 heteroatoms. The van der Waals surface area contributed by atoms with Gasteiger partial charge < -0.3 is 15.2 Å². The summed E-state index contributed by atoms with van der Waals surface area (Å²) in [6.45, 7) is 0. The Hall–Kier alpha value is -4.60. The van der Waals surface area contributed by atoms with Crippen LogP contribution in [0.15, 0.2) is 83.8 Å². The summed E-state index contributed by atoms with van der Waals surface area (Å²) >= 11 is 0. The average Bonchev–Trinajstić information content (AvgIpc) is 2.79. The number of fused-ring (bicyclic) bond motifs is 1. The van der Waals surface area contributed by atoms with Crippen molar-refractivity contribution >= 4 is 28.6 Å². The zero-order valence-electron chi connectivity index (χ0n) is 17.2. The molecule has 0 aliphatic heterocycles. The number of anilines is 1. The fraction of sp³-hybridized carbons (Fsp3) is 0.0417. The van der Waals surface area contributed by atoms with E-state index in [1.165, 1.54) is 48.5 Å². The molecule has 0 aliphatic rings. The average molecular weight is 468 g/mol. The van der Waals surface area contributed by atoms with E-state index in [0.717, 1.165) is 16.8 Å². The number of hydrogen-bond donors (Lipinski definition) is 2. The Kier molecular flexibility index (Phi) is 5.80. The van der Waals surface area contributed by atoms with E-state index in [2.05, 4.69) is 10.1 Å². The third kappa shape index (κ3) is 4.46. The number of carbonyl (C=O) groups is 2. The third-order valence-electron chi connectivity index (χ3n) is 4.93. The molecule has 4 aromatic rings. The van der Waals surface area contributed by atoms with Crippen LogP contribution in [0, 0.1) is 0 Å². The maximum absolute atomic E-state index is 13.2. The first-order valence-electron chi connectivity index (χ1n) is 9.79. The van der Waals surface area contributed by atoms with E-state index in [4.69, 9.17) is 0 Å². The number of carboxylic acids is 1. The molecule has 172 valence electrons. The van der Waals surface area contributed by atoms with Crippen LogP contribution in [-0.2, 0) is 0 Å². The number of ether oxygens (including phenoxy) is 1. The van der Waals surface area contributed by atoms with E-state index >= 15 is 0 Å². The fourth-order valence-corrected chi connectivity index (χ4v) is 3.50. The van der Waals surface area contributed by atoms with Gasteiger partial charge in [-0.1, -0.05) is 48.5 Å². The summed E-state index contributed by atoms with van der Waals surface area (Å²) in [4.78, 5) is 37.2. The highest BCUT2D eigenvalue weighted by atomic mass is 19.4. The Morgan fingerprint density at radius 1 is 0.882 bits per heavy atom. The smallest absolute Gasteiger partial charge is 0.477 e. The number of halogens is 3. The predicted octanol–water partition coefficient (Wildman–Crippen LogP) is 5.35. The zero-order valence-corrected chi connectivity index (χ0v) is 17.2. The molecule has 4 rings (SSSR count). The van der Waals surface area contributed by atoms with Crippen molar-refractivity contribution in [3.63, 3.8) is 0 Å². The second kappa shape index (κ2) is 8.74. The maximum Gasteiger partial charge on any atom is 0.573 e. The van der Waals surface area contributed by atoms with Crippen molar-refractivity contribution in [2.75, 3.05) is 5.32 Å². The molecule has 1 amide bonds. The third-order valence-corrected chi connectivity index (χ3v) is 4.93. The van der Waals surface area contributed by atoms with E-state index in [-0.39, 0.29) is 27.7 Å². The second-order valence-electron chi connectivity index (χ2n) is 7.08. The molecule has 0 spiro atoms. The molecule has 1 heterocycles. The van der Waals surface area contributed by atoms with Crippen molar-refractivity contribution in [1.29, 1.82) is 0 Å². The van der Waals surface area contributed by atoms with E-state index in [0.29, 0.717) is 0 Å². The van der Waals surface area contributed by atoms with Crippen molar-refractivity contribution in [1.82, 2.24) is 4.57 Å². The molecule has 0 saturated carbocycles. The molecule has 0 radical (unpaired) electrons. The van der Waals surface area contributed by atoms with Crippen LogP contribution in [0.5, 0.6) is 5.75 Å². The monoisotopic (exact) mass is 468 g/mol. The second-order valence-corrected chi connectivity index (χ2v) is 7.08. The van der Waals surface area contributed by atoms with Crippen molar-refractivity contribution < 1.29 is 32.6 Å². The molecule has 7 nitrogen and oxygen atoms in total. The van der Waals surface area contributed by atoms with Crippen molar-refractivity contribution in [3.05, 3.63) is 94.8 Å². The Labute approximate surface area is 189 Å². The number of carbonyl (C=O) groups excluding carboxylic acids is 1. The molecule has 0 bridgehead atoms. The van der Waals surface area contributed by atoms with Crippen LogP contribution in [0.25, 0.3) is 22.0 Å². The lowest BCUT2D eigenvalue weighted by atomic mass is 10.0. The zero-order chi connectivity index (χ0) is 24.5. The Bertz CT molecular complexity index is 1480. The predicted molar refractivity (Wildman–Crippen MR) is 118 cm³/mol. The lowest BCUT2D eigenvalue weighted by Gasteiger charge is -2.17. The summed E-state index contributed by atoms with van der Waals surface area (Å²) in [5, 5.41) is 12.0. The number of rotatable bonds is 4. The molecule has 0 unspecified atom stereocenters. The quantitative estimate of drug-likeness (QED) is 0.421. The van der Waals surface area contributed by atoms with Gasteiger partial charge in [-0.25, -0.2) is 9.59 Å². The van der Waals surface area contributed by atoms with E-state index in [1.54, 1.807) is 18.2 Å². The van der Waals surface area contributed by atoms with E-state index in [9.17, 15) is 32.7 Å². The van der Waals surface area contributed by atoms with Gasteiger partial charge in [-0.2, -0.15) is 0 Å². The minimum Gasteiger partial charge on any atom is -0.477 e. The van der Waals surface area contributed by atoms with Gasteiger partial charge in [0.2, 0.25) is 5.43 Å². The molecule has 1 aromatic heterocycles. The van der Waals surface area contributed by atoms with Gasteiger partial charge in [-0.15, -0.1) is 13.2 Å². The van der Waals surface area contributed by atoms with Crippen LogP contribution in [0.4, 0.5) is 23.7 Å². The number of aromatic carboxylic acids is 1. The van der Waals surface area contributed by atoms with Crippen LogP contribution < -0.4 is 15.5 Å². The number of hydrogen-bond acceptors (Lipinski definition) is 4. The topological polar surface area (TPSA) is 97.6 Å². The summed E-state index contributed by atoms with van der Waals surface area (Å²) in [6, 6.07) is 16.7. The summed E-state index contributed by atoms with van der Waals surface area (Å²) in [5.74, 6) is -1.96. The largest absolute Gasteiger partial charge is 0.573 e. The SMILES string of the molecule is O=C(O)c1cn(C(=O)Nc2ccccc2-c2ccccc2OC(F)(F)F)c2ccccc2c1=O. The van der Waals surface area contributed by atoms with Crippen LogP contribution in [0.2, 0.25) is 0 Å². The van der Waals surface area contributed by atoms with Crippen molar-refractivity contribution in [2.45, 2.75) is 6.36 Å². The summed E-state index contributed by atoms with van der Waals surface area (Å²) < 4.78 is 43.7. The van der Waals surface area contributed by atoms with Crippen LogP contribution in [0.1, 0.15) is 10.4 Å². The fourth-order valence-electron chi connectivity index (χ4n) is 3.50. The molecule has 3 aromatic carbocycles. The first-order chi connectivity index (χ1) is 16.2. The summed E-state index contributed by atoms with van der Waals surface area (Å²) in [7, 11) is 0. The number of nitrogens with one attached hydrogen (secondary N) is 1. The van der Waals surface area contributed by atoms with Gasteiger partial charge in [0.05, 0.1) is 11.2 Å². The highest BCUT2D eigenvalue weighted by Crippen LogP contribution is 2.37. The first-order valence-corrected chi connectivity index (χ1v) is 9.79. The minimum absolute atomic E-state index is 0.0229. The Balaban J connectivity index is 1.80. The van der Waals surface area contributed by atoms with Crippen LogP contribution in [-0.4, -0.2) is 28.0 Å². The van der Waals surface area contributed by atoms with Gasteiger partial charge >= 0.3 is 18.4 Å². The number of carboxylic acid groups (broad SMARTS) is 1. The maximum atomic E-state index is 13.2. The molecule has 0 atom stereocenters. The standard InChI is InChI=1S/C24H15F3N2O5/c25-24(26,27)34-20-12-6-3-8-15(20)14-7-1-4-10-18(14)28-23(33)29-13-17(22(31)32)21(30)16-9-2-5-11-19(16)29/h1-13H,(H,28,33)(H,31,32). The molecule has 2 N–H and O–H groups in total. The van der Waals surface area contributed by atoms with Crippen LogP contribution >= 0.6 is 0 Å². The Morgan fingerprint density at radius 3 is 2.21 bits per heavy atom. The van der Waals surface area contributed by atoms with Crippen molar-refractivity contribution in [3.8, 4) is 16.9 Å². The van der Waals surface area contributed by atoms with E-state index in [1.807, 2.05) is 0 Å². The number of para-hydroxylation sites is 3. The first kappa shape index (κ1) is 22.6. The van der Waals surface area contributed by atoms with Gasteiger partial charge in [0.25, 0.3) is 0 Å². The van der Waals surface area contributed by atoms with Gasteiger partial charge in [-0.05, 0) is 24.3 Å². The lowest BCUT2D eigenvalue weighted by Crippen LogP contribution is -2.26. The summed E-state index contributed by atoms with van der Waals surface area (Å²) in [5.41, 5.74) is -0.735. The number of pyridine rings is 1. The van der Waals surface area contributed by atoms with E-state index < -0.39 is 35.1 Å². The number of aromatic nitrogens is 1. The summed E-state index contributed by atoms with van der Waals surface area (Å²) in [6.07, 6.45) is -4.01. The van der Waals surface area contributed by atoms with Gasteiger partial charge in [0, 0.05) is 22.7 Å².